The Morgan fingerprint density at radius 3 is 2.82 bits per heavy atom. The van der Waals surface area contributed by atoms with Crippen LogP contribution in [0, 0.1) is 5.82 Å². The number of nitrogens with two attached hydrogens (primary N) is 1. The third-order valence-corrected chi connectivity index (χ3v) is 3.40. The van der Waals surface area contributed by atoms with Crippen LogP contribution < -0.4 is 5.73 Å². The van der Waals surface area contributed by atoms with Gasteiger partial charge in [0.1, 0.15) is 11.0 Å². The highest BCUT2D eigenvalue weighted by molar-refractivity contribution is 7.98. The summed E-state index contributed by atoms with van der Waals surface area (Å²) >= 11 is 7.13. The number of halogens is 2. The predicted molar refractivity (Wildman–Crippen MR) is 69.6 cm³/mol. The molecular weight excluding hydrogens is 259 g/mol. The van der Waals surface area contributed by atoms with Crippen molar-refractivity contribution in [3.63, 3.8) is 0 Å². The van der Waals surface area contributed by atoms with Gasteiger partial charge in [-0.3, -0.25) is 0 Å². The van der Waals surface area contributed by atoms with Crippen molar-refractivity contribution in [3.05, 3.63) is 53.1 Å². The summed E-state index contributed by atoms with van der Waals surface area (Å²) in [6, 6.07) is 10.0. The van der Waals surface area contributed by atoms with Crippen LogP contribution in [0.5, 0.6) is 0 Å². The Balaban J connectivity index is 2.07. The number of hydrogen-bond donors (Lipinski definition) is 1. The monoisotopic (exact) mass is 268 g/mol. The average molecular weight is 269 g/mol. The fraction of sp³-hybridized carbons (Fsp3) is 0.0833. The van der Waals surface area contributed by atoms with E-state index in [1.54, 1.807) is 18.2 Å². The smallest absolute Gasteiger partial charge is 0.138 e. The van der Waals surface area contributed by atoms with Crippen LogP contribution in [0.2, 0.25) is 5.15 Å². The summed E-state index contributed by atoms with van der Waals surface area (Å²) in [5, 5.41) is 0.445. The highest BCUT2D eigenvalue weighted by Gasteiger charge is 2.04. The number of rotatable bonds is 3. The highest BCUT2D eigenvalue weighted by Crippen LogP contribution is 2.26. The average Bonchev–Trinajstić information content (AvgIpc) is 2.28. The molecule has 0 unspecified atom stereocenters. The SMILES string of the molecule is Nc1ccc(SCc2cccc(Cl)n2)c(F)c1. The third kappa shape index (κ3) is 3.35. The molecular formula is C12H10ClFN2S. The van der Waals surface area contributed by atoms with Gasteiger partial charge in [-0.15, -0.1) is 11.8 Å². The van der Waals surface area contributed by atoms with Crippen LogP contribution in [0.25, 0.3) is 0 Å². The molecule has 0 atom stereocenters. The van der Waals surface area contributed by atoms with E-state index in [9.17, 15) is 4.39 Å². The third-order valence-electron chi connectivity index (χ3n) is 2.10. The first-order valence-electron chi connectivity index (χ1n) is 4.94. The Morgan fingerprint density at radius 1 is 1.29 bits per heavy atom. The van der Waals surface area contributed by atoms with Crippen molar-refractivity contribution < 1.29 is 4.39 Å². The van der Waals surface area contributed by atoms with Crippen LogP contribution in [-0.2, 0) is 5.75 Å². The number of pyridine rings is 1. The van der Waals surface area contributed by atoms with E-state index in [2.05, 4.69) is 4.98 Å². The van der Waals surface area contributed by atoms with E-state index in [1.165, 1.54) is 17.8 Å². The van der Waals surface area contributed by atoms with Gasteiger partial charge in [-0.25, -0.2) is 9.37 Å². The summed E-state index contributed by atoms with van der Waals surface area (Å²) in [5.74, 6) is 0.263. The minimum Gasteiger partial charge on any atom is -0.399 e. The standard InChI is InChI=1S/C12H10ClFN2S/c13-12-3-1-2-9(16-12)7-17-11-5-4-8(15)6-10(11)14/h1-6H,7,15H2. The molecule has 0 spiro atoms. The van der Waals surface area contributed by atoms with Crippen LogP contribution in [-0.4, -0.2) is 4.98 Å². The van der Waals surface area contributed by atoms with Crippen molar-refractivity contribution in [2.24, 2.45) is 0 Å². The first-order valence-corrected chi connectivity index (χ1v) is 6.31. The molecule has 2 rings (SSSR count). The van der Waals surface area contributed by atoms with Crippen molar-refractivity contribution in [2.75, 3.05) is 5.73 Å². The van der Waals surface area contributed by atoms with Crippen molar-refractivity contribution in [2.45, 2.75) is 10.6 Å². The molecule has 88 valence electrons. The summed E-state index contributed by atoms with van der Waals surface area (Å²) in [5.41, 5.74) is 6.72. The molecule has 0 saturated heterocycles. The molecule has 2 aromatic rings. The maximum Gasteiger partial charge on any atom is 0.138 e. The Labute approximate surface area is 108 Å². The number of nitrogen functional groups attached to an aromatic ring is 1. The predicted octanol–water partition coefficient (Wildman–Crippen LogP) is 3.75. The van der Waals surface area contributed by atoms with E-state index in [4.69, 9.17) is 17.3 Å². The van der Waals surface area contributed by atoms with Crippen molar-refractivity contribution >= 4 is 29.1 Å². The fourth-order valence-electron chi connectivity index (χ4n) is 1.32. The van der Waals surface area contributed by atoms with Gasteiger partial charge in [-0.2, -0.15) is 0 Å². The lowest BCUT2D eigenvalue weighted by atomic mass is 10.3. The van der Waals surface area contributed by atoms with E-state index in [0.717, 1.165) is 5.69 Å². The Hall–Kier alpha value is -1.26. The van der Waals surface area contributed by atoms with Crippen molar-refractivity contribution in [3.8, 4) is 0 Å². The summed E-state index contributed by atoms with van der Waals surface area (Å²) in [6.45, 7) is 0. The Bertz CT molecular complexity index is 534. The van der Waals surface area contributed by atoms with Gasteiger partial charge in [0, 0.05) is 16.3 Å². The molecule has 1 heterocycles. The summed E-state index contributed by atoms with van der Waals surface area (Å²) in [6.07, 6.45) is 0. The van der Waals surface area contributed by atoms with Gasteiger partial charge in [0.15, 0.2) is 0 Å². The van der Waals surface area contributed by atoms with E-state index in [0.29, 0.717) is 21.5 Å². The lowest BCUT2D eigenvalue weighted by molar-refractivity contribution is 0.602. The van der Waals surface area contributed by atoms with Crippen LogP contribution >= 0.6 is 23.4 Å². The van der Waals surface area contributed by atoms with Gasteiger partial charge in [-0.1, -0.05) is 17.7 Å². The minimum absolute atomic E-state index is 0.308. The van der Waals surface area contributed by atoms with Gasteiger partial charge in [0.2, 0.25) is 0 Å². The summed E-state index contributed by atoms with van der Waals surface area (Å²) in [4.78, 5) is 4.69. The molecule has 0 radical (unpaired) electrons. The van der Waals surface area contributed by atoms with E-state index >= 15 is 0 Å². The van der Waals surface area contributed by atoms with E-state index < -0.39 is 0 Å². The second kappa shape index (κ2) is 5.38. The number of benzene rings is 1. The molecule has 2 N–H and O–H groups in total. The molecule has 0 aliphatic rings. The second-order valence-corrected chi connectivity index (χ2v) is 4.83. The summed E-state index contributed by atoms with van der Waals surface area (Å²) < 4.78 is 13.5. The largest absolute Gasteiger partial charge is 0.399 e. The zero-order valence-electron chi connectivity index (χ0n) is 8.86. The molecule has 0 bridgehead atoms. The van der Waals surface area contributed by atoms with Gasteiger partial charge >= 0.3 is 0 Å². The molecule has 1 aromatic heterocycles. The molecule has 0 saturated carbocycles. The van der Waals surface area contributed by atoms with Gasteiger partial charge in [0.25, 0.3) is 0 Å². The van der Waals surface area contributed by atoms with Gasteiger partial charge in [0.05, 0.1) is 5.69 Å². The van der Waals surface area contributed by atoms with Crippen LogP contribution in [0.1, 0.15) is 5.69 Å². The number of anilines is 1. The molecule has 2 nitrogen and oxygen atoms in total. The van der Waals surface area contributed by atoms with E-state index in [-0.39, 0.29) is 5.82 Å². The normalized spacial score (nSPS) is 10.5. The highest BCUT2D eigenvalue weighted by atomic mass is 35.5. The number of hydrogen-bond acceptors (Lipinski definition) is 3. The van der Waals surface area contributed by atoms with Crippen LogP contribution in [0.3, 0.4) is 0 Å². The lowest BCUT2D eigenvalue weighted by Crippen LogP contribution is -1.90. The molecule has 0 aliphatic carbocycles. The van der Waals surface area contributed by atoms with E-state index in [1.807, 2.05) is 12.1 Å². The second-order valence-electron chi connectivity index (χ2n) is 3.43. The molecule has 0 amide bonds. The topological polar surface area (TPSA) is 38.9 Å². The quantitative estimate of drug-likeness (QED) is 0.523. The number of nitrogens with zero attached hydrogens (tertiary/aromatic N) is 1. The van der Waals surface area contributed by atoms with Crippen LogP contribution in [0.15, 0.2) is 41.3 Å². The first-order chi connectivity index (χ1) is 8.15. The minimum atomic E-state index is -0.308. The first kappa shape index (κ1) is 12.2. The molecule has 5 heteroatoms. The van der Waals surface area contributed by atoms with Crippen molar-refractivity contribution in [1.29, 1.82) is 0 Å². The maximum absolute atomic E-state index is 13.5. The molecule has 1 aromatic carbocycles. The fourth-order valence-corrected chi connectivity index (χ4v) is 2.32. The summed E-state index contributed by atoms with van der Waals surface area (Å²) in [7, 11) is 0. The molecule has 0 fully saturated rings. The Kier molecular flexibility index (Phi) is 3.86. The molecule has 0 aliphatic heterocycles. The van der Waals surface area contributed by atoms with Crippen LogP contribution in [0.4, 0.5) is 10.1 Å². The Morgan fingerprint density at radius 2 is 2.12 bits per heavy atom. The molecule has 17 heavy (non-hydrogen) atoms. The van der Waals surface area contributed by atoms with Gasteiger partial charge < -0.3 is 5.73 Å². The lowest BCUT2D eigenvalue weighted by Gasteiger charge is -2.04. The zero-order chi connectivity index (χ0) is 12.3. The maximum atomic E-state index is 13.5. The number of aromatic nitrogens is 1. The van der Waals surface area contributed by atoms with Gasteiger partial charge in [-0.05, 0) is 30.3 Å². The van der Waals surface area contributed by atoms with Crippen molar-refractivity contribution in [1.82, 2.24) is 4.98 Å². The zero-order valence-corrected chi connectivity index (χ0v) is 10.4. The number of thioether (sulfide) groups is 1.